The van der Waals surface area contributed by atoms with Gasteiger partial charge in [0.25, 0.3) is 5.71 Å². The number of ketones is 2. The van der Waals surface area contributed by atoms with Gasteiger partial charge in [0.2, 0.25) is 11.6 Å². The molecule has 0 amide bonds. The zero-order valence-corrected chi connectivity index (χ0v) is 9.86. The molecule has 18 heavy (non-hydrogen) atoms. The lowest BCUT2D eigenvalue weighted by Gasteiger charge is -2.08. The number of hydrazone groups is 1. The third-order valence-electron chi connectivity index (χ3n) is 2.00. The largest absolute Gasteiger partial charge is 0.339 e. The second-order valence-corrected chi connectivity index (χ2v) is 3.42. The van der Waals surface area contributed by atoms with E-state index in [0.29, 0.717) is 5.12 Å². The number of carbonyl (C=O) groups excluding carboxylic acids is 2. The molecular weight excluding hydrogens is 238 g/mol. The fraction of sp³-hybridized carbons (Fsp3) is 0.182. The first-order chi connectivity index (χ1) is 8.43. The number of carbonyl (C=O) groups is 2. The number of Topliss-reactive ketones (excluding diaryl/α,β-unsaturated/α-hetero) is 2. The fourth-order valence-corrected chi connectivity index (χ4v) is 1.23. The molecule has 0 heterocycles. The molecule has 1 aromatic rings. The monoisotopic (exact) mass is 249 g/mol. The highest BCUT2D eigenvalue weighted by molar-refractivity contribution is 6.65. The van der Waals surface area contributed by atoms with Crippen LogP contribution >= 0.6 is 0 Å². The summed E-state index contributed by atoms with van der Waals surface area (Å²) in [5.41, 5.74) is -0.307. The van der Waals surface area contributed by atoms with Crippen LogP contribution in [0.4, 0.5) is 5.69 Å². The third-order valence-corrected chi connectivity index (χ3v) is 2.00. The highest BCUT2D eigenvalue weighted by atomic mass is 16.7. The number of nitro groups is 1. The van der Waals surface area contributed by atoms with Gasteiger partial charge < -0.3 is 10.1 Å². The number of nitrogens with zero attached hydrogens (tertiary/aromatic N) is 3. The third kappa shape index (κ3) is 3.21. The van der Waals surface area contributed by atoms with Crippen LogP contribution in [-0.2, 0) is 9.59 Å². The molecule has 0 aliphatic heterocycles. The van der Waals surface area contributed by atoms with Crippen molar-refractivity contribution < 1.29 is 14.6 Å². The Morgan fingerprint density at radius 2 is 1.67 bits per heavy atom. The van der Waals surface area contributed by atoms with Gasteiger partial charge in [-0.3, -0.25) is 9.59 Å². The van der Waals surface area contributed by atoms with Crippen molar-refractivity contribution in [1.82, 2.24) is 0 Å². The first-order valence-electron chi connectivity index (χ1n) is 5.03. The van der Waals surface area contributed by atoms with E-state index in [1.54, 1.807) is 18.2 Å². The van der Waals surface area contributed by atoms with Crippen molar-refractivity contribution in [3.8, 4) is 0 Å². The van der Waals surface area contributed by atoms with Gasteiger partial charge in [0.05, 0.1) is 10.1 Å². The molecule has 0 radical (unpaired) electrons. The Labute approximate surface area is 103 Å². The summed E-state index contributed by atoms with van der Waals surface area (Å²) in [7, 11) is 0. The molecule has 0 unspecified atom stereocenters. The second-order valence-electron chi connectivity index (χ2n) is 3.42. The van der Waals surface area contributed by atoms with Crippen LogP contribution < -0.4 is 5.12 Å². The molecule has 0 atom stereocenters. The summed E-state index contributed by atoms with van der Waals surface area (Å²) in [6, 6.07) is 7.75. The lowest BCUT2D eigenvalue weighted by molar-refractivity contribution is -0.495. The summed E-state index contributed by atoms with van der Waals surface area (Å²) < 4.78 is 0. The molecule has 0 aromatic heterocycles. The highest BCUT2D eigenvalue weighted by Gasteiger charge is 2.24. The van der Waals surface area contributed by atoms with E-state index in [1.165, 1.54) is 12.1 Å². The number of anilines is 1. The maximum atomic E-state index is 11.2. The van der Waals surface area contributed by atoms with Gasteiger partial charge in [0.1, 0.15) is 5.69 Å². The Hall–Kier alpha value is -2.57. The molecular formula is C11H11N3O4. The van der Waals surface area contributed by atoms with E-state index < -0.39 is 22.3 Å². The van der Waals surface area contributed by atoms with Crippen molar-refractivity contribution in [2.75, 3.05) is 5.12 Å². The first-order valence-corrected chi connectivity index (χ1v) is 5.03. The second kappa shape index (κ2) is 5.67. The summed E-state index contributed by atoms with van der Waals surface area (Å²) in [5, 5.41) is 14.0. The zero-order chi connectivity index (χ0) is 13.7. The normalized spacial score (nSPS) is 9.44. The predicted octanol–water partition coefficient (Wildman–Crippen LogP) is 1.22. The van der Waals surface area contributed by atoms with E-state index in [4.69, 9.17) is 0 Å². The summed E-state index contributed by atoms with van der Waals surface area (Å²) >= 11 is 0. The summed E-state index contributed by atoms with van der Waals surface area (Å²) in [4.78, 5) is 33.2. The number of para-hydroxylation sites is 1. The van der Waals surface area contributed by atoms with Crippen molar-refractivity contribution in [2.24, 2.45) is 5.10 Å². The molecule has 7 heteroatoms. The Morgan fingerprint density at radius 3 is 2.06 bits per heavy atom. The smallest absolute Gasteiger partial charge is 0.286 e. The van der Waals surface area contributed by atoms with E-state index in [1.807, 2.05) is 0 Å². The number of hydrogen-bond acceptors (Lipinski definition) is 5. The van der Waals surface area contributed by atoms with Gasteiger partial charge >= 0.3 is 0 Å². The molecule has 0 saturated heterocycles. The van der Waals surface area contributed by atoms with Crippen LogP contribution in [0.3, 0.4) is 0 Å². The minimum atomic E-state index is -0.804. The van der Waals surface area contributed by atoms with Gasteiger partial charge in [-0.1, -0.05) is 18.2 Å². The molecule has 0 bridgehead atoms. The molecule has 0 spiro atoms. The van der Waals surface area contributed by atoms with Gasteiger partial charge in [-0.2, -0.15) is 0 Å². The summed E-state index contributed by atoms with van der Waals surface area (Å²) in [5.74, 6) is -1.24. The minimum Gasteiger partial charge on any atom is -0.339 e. The average molecular weight is 249 g/mol. The van der Waals surface area contributed by atoms with Crippen LogP contribution in [0.1, 0.15) is 13.8 Å². The van der Waals surface area contributed by atoms with Crippen molar-refractivity contribution in [3.05, 3.63) is 40.4 Å². The van der Waals surface area contributed by atoms with E-state index in [-0.39, 0.29) is 5.69 Å². The summed E-state index contributed by atoms with van der Waals surface area (Å²) in [6.07, 6.45) is 0. The van der Waals surface area contributed by atoms with Gasteiger partial charge in [-0.25, -0.2) is 0 Å². The Morgan fingerprint density at radius 1 is 1.17 bits per heavy atom. The maximum absolute atomic E-state index is 11.2. The van der Waals surface area contributed by atoms with E-state index in [2.05, 4.69) is 5.10 Å². The van der Waals surface area contributed by atoms with E-state index in [9.17, 15) is 19.7 Å². The minimum absolute atomic E-state index is 0.155. The Kier molecular flexibility index (Phi) is 4.25. The molecule has 94 valence electrons. The predicted molar refractivity (Wildman–Crippen MR) is 64.7 cm³/mol. The quantitative estimate of drug-likeness (QED) is 0.338. The molecule has 0 fully saturated rings. The standard InChI is InChI=1S/C11H11N3O4/c1-8(15)11(9(2)16)12-13(14(17)18)10-6-4-3-5-7-10/h3-7H,1-2H3. The van der Waals surface area contributed by atoms with Crippen LogP contribution in [0.25, 0.3) is 0 Å². The summed E-state index contributed by atoms with van der Waals surface area (Å²) in [6.45, 7) is 2.26. The molecule has 0 N–H and O–H groups in total. The molecule has 0 aliphatic carbocycles. The number of hydrogen-bond donors (Lipinski definition) is 0. The Balaban J connectivity index is 3.23. The van der Waals surface area contributed by atoms with E-state index >= 15 is 0 Å². The van der Waals surface area contributed by atoms with Gasteiger partial charge in [0, 0.05) is 19.0 Å². The molecule has 7 nitrogen and oxygen atoms in total. The van der Waals surface area contributed by atoms with Crippen molar-refractivity contribution in [1.29, 1.82) is 0 Å². The van der Waals surface area contributed by atoms with Crippen molar-refractivity contribution >= 4 is 23.0 Å². The molecule has 1 aromatic carbocycles. The highest BCUT2D eigenvalue weighted by Crippen LogP contribution is 2.13. The van der Waals surface area contributed by atoms with Gasteiger partial charge in [-0.05, 0) is 12.1 Å². The lowest BCUT2D eigenvalue weighted by Crippen LogP contribution is -2.30. The van der Waals surface area contributed by atoms with Crippen LogP contribution in [0.15, 0.2) is 35.4 Å². The van der Waals surface area contributed by atoms with Crippen LogP contribution in [0.2, 0.25) is 0 Å². The lowest BCUT2D eigenvalue weighted by atomic mass is 10.2. The fourth-order valence-electron chi connectivity index (χ4n) is 1.23. The molecule has 1 rings (SSSR count). The Bertz CT molecular complexity index is 494. The average Bonchev–Trinajstić information content (AvgIpc) is 2.29. The van der Waals surface area contributed by atoms with Crippen LogP contribution in [-0.4, -0.2) is 22.3 Å². The van der Waals surface area contributed by atoms with Gasteiger partial charge in [0.15, 0.2) is 0 Å². The van der Waals surface area contributed by atoms with Crippen molar-refractivity contribution in [3.63, 3.8) is 0 Å². The topological polar surface area (TPSA) is 92.9 Å². The first kappa shape index (κ1) is 13.5. The SMILES string of the molecule is CC(=O)C(=NN(c1ccccc1)[N+](=O)[O-])C(C)=O. The number of hydrazine groups is 1. The van der Waals surface area contributed by atoms with Crippen LogP contribution in [0.5, 0.6) is 0 Å². The van der Waals surface area contributed by atoms with E-state index in [0.717, 1.165) is 13.8 Å². The van der Waals surface area contributed by atoms with Crippen LogP contribution in [0, 0.1) is 10.1 Å². The number of rotatable bonds is 5. The maximum Gasteiger partial charge on any atom is 0.286 e. The van der Waals surface area contributed by atoms with Crippen molar-refractivity contribution in [2.45, 2.75) is 13.8 Å². The molecule has 0 saturated carbocycles. The van der Waals surface area contributed by atoms with Gasteiger partial charge in [-0.15, -0.1) is 0 Å². The zero-order valence-electron chi connectivity index (χ0n) is 9.86. The molecule has 0 aliphatic rings. The number of benzene rings is 1.